The first-order chi connectivity index (χ1) is 9.35. The highest BCUT2D eigenvalue weighted by atomic mass is 79.9. The van der Waals surface area contributed by atoms with E-state index in [1.54, 1.807) is 19.1 Å². The minimum atomic E-state index is -1.04. The van der Waals surface area contributed by atoms with Crippen LogP contribution in [0.4, 0.5) is 10.5 Å². The van der Waals surface area contributed by atoms with Crippen LogP contribution in [0.2, 0.25) is 0 Å². The molecule has 0 heterocycles. The number of benzene rings is 1. The molecule has 5 nitrogen and oxygen atoms in total. The third kappa shape index (κ3) is 4.79. The Kier molecular flexibility index (Phi) is 6.48. The first kappa shape index (κ1) is 17.0. The van der Waals surface area contributed by atoms with E-state index in [1.807, 2.05) is 13.0 Å². The number of carboxylic acid groups (broad SMARTS) is 1. The zero-order valence-corrected chi connectivity index (χ0v) is 14.3. The van der Waals surface area contributed by atoms with Crippen molar-refractivity contribution in [2.75, 3.05) is 5.32 Å². The summed E-state index contributed by atoms with van der Waals surface area (Å²) in [6.07, 6.45) is 0.665. The van der Waals surface area contributed by atoms with Crippen molar-refractivity contribution in [3.63, 3.8) is 0 Å². The fourth-order valence-electron chi connectivity index (χ4n) is 1.58. The maximum atomic E-state index is 11.9. The highest BCUT2D eigenvalue weighted by Crippen LogP contribution is 2.26. The number of aliphatic carboxylic acids is 1. The van der Waals surface area contributed by atoms with Gasteiger partial charge in [0.05, 0.1) is 5.69 Å². The molecular weight excluding hydrogens is 392 g/mol. The summed E-state index contributed by atoms with van der Waals surface area (Å²) < 4.78 is 1.53. The molecule has 1 aromatic carbocycles. The van der Waals surface area contributed by atoms with Gasteiger partial charge in [-0.05, 0) is 40.0 Å². The Morgan fingerprint density at radius 1 is 1.35 bits per heavy atom. The second-order valence-electron chi connectivity index (χ2n) is 4.42. The molecule has 20 heavy (non-hydrogen) atoms. The monoisotopic (exact) mass is 406 g/mol. The van der Waals surface area contributed by atoms with Crippen LogP contribution >= 0.6 is 31.9 Å². The number of hydrogen-bond donors (Lipinski definition) is 3. The quantitative estimate of drug-likeness (QED) is 0.693. The van der Waals surface area contributed by atoms with E-state index >= 15 is 0 Å². The number of halogens is 2. The number of rotatable bonds is 5. The van der Waals surface area contributed by atoms with Crippen LogP contribution < -0.4 is 10.6 Å². The van der Waals surface area contributed by atoms with E-state index in [4.69, 9.17) is 5.11 Å². The number of carboxylic acids is 1. The van der Waals surface area contributed by atoms with Crippen molar-refractivity contribution in [2.45, 2.75) is 26.3 Å². The SMILES string of the molecule is CCC(C)C(NC(=O)Nc1cc(Br)ccc1Br)C(=O)O. The summed E-state index contributed by atoms with van der Waals surface area (Å²) >= 11 is 6.63. The number of carbonyl (C=O) groups excluding carboxylic acids is 1. The molecule has 0 fully saturated rings. The highest BCUT2D eigenvalue weighted by Gasteiger charge is 2.25. The Hall–Kier alpha value is -1.08. The minimum Gasteiger partial charge on any atom is -0.480 e. The molecule has 1 aromatic rings. The maximum absolute atomic E-state index is 11.9. The molecule has 0 aromatic heterocycles. The van der Waals surface area contributed by atoms with Crippen molar-refractivity contribution in [1.29, 1.82) is 0 Å². The lowest BCUT2D eigenvalue weighted by atomic mass is 9.99. The summed E-state index contributed by atoms with van der Waals surface area (Å²) in [6.45, 7) is 3.67. The van der Waals surface area contributed by atoms with Crippen LogP contribution in [0.5, 0.6) is 0 Å². The number of nitrogens with one attached hydrogen (secondary N) is 2. The topological polar surface area (TPSA) is 78.4 Å². The van der Waals surface area contributed by atoms with Gasteiger partial charge in [0, 0.05) is 8.95 Å². The molecule has 110 valence electrons. The van der Waals surface area contributed by atoms with Crippen molar-refractivity contribution in [1.82, 2.24) is 5.32 Å². The second-order valence-corrected chi connectivity index (χ2v) is 6.19. The van der Waals surface area contributed by atoms with Crippen molar-refractivity contribution in [3.8, 4) is 0 Å². The lowest BCUT2D eigenvalue weighted by molar-refractivity contribution is -0.140. The Morgan fingerprint density at radius 3 is 2.55 bits per heavy atom. The van der Waals surface area contributed by atoms with Crippen LogP contribution in [0.3, 0.4) is 0 Å². The lowest BCUT2D eigenvalue weighted by Crippen LogP contribution is -2.46. The van der Waals surface area contributed by atoms with Gasteiger partial charge in [0.25, 0.3) is 0 Å². The number of hydrogen-bond acceptors (Lipinski definition) is 2. The minimum absolute atomic E-state index is 0.149. The Morgan fingerprint density at radius 2 is 2.00 bits per heavy atom. The van der Waals surface area contributed by atoms with Crippen LogP contribution in [0.15, 0.2) is 27.1 Å². The van der Waals surface area contributed by atoms with Gasteiger partial charge < -0.3 is 15.7 Å². The average Bonchev–Trinajstić information content (AvgIpc) is 2.39. The number of carbonyl (C=O) groups is 2. The predicted octanol–water partition coefficient (Wildman–Crippen LogP) is 3.83. The summed E-state index contributed by atoms with van der Waals surface area (Å²) in [5.74, 6) is -1.19. The van der Waals surface area contributed by atoms with Gasteiger partial charge in [0.1, 0.15) is 6.04 Å². The van der Waals surface area contributed by atoms with Crippen molar-refractivity contribution >= 4 is 49.5 Å². The van der Waals surface area contributed by atoms with Crippen LogP contribution in [0.25, 0.3) is 0 Å². The zero-order chi connectivity index (χ0) is 15.3. The van der Waals surface area contributed by atoms with Crippen LogP contribution in [0.1, 0.15) is 20.3 Å². The summed E-state index contributed by atoms with van der Waals surface area (Å²) in [5, 5.41) is 14.2. The molecule has 0 radical (unpaired) electrons. The average molecular weight is 408 g/mol. The third-order valence-electron chi connectivity index (χ3n) is 2.94. The first-order valence-corrected chi connectivity index (χ1v) is 7.69. The molecule has 1 rings (SSSR count). The molecule has 0 saturated heterocycles. The van der Waals surface area contributed by atoms with E-state index in [1.165, 1.54) is 0 Å². The zero-order valence-electron chi connectivity index (χ0n) is 11.1. The molecule has 7 heteroatoms. The van der Waals surface area contributed by atoms with Crippen LogP contribution in [-0.4, -0.2) is 23.1 Å². The normalized spacial score (nSPS) is 13.4. The van der Waals surface area contributed by atoms with Crippen LogP contribution in [0, 0.1) is 5.92 Å². The predicted molar refractivity (Wildman–Crippen MR) is 84.9 cm³/mol. The van der Waals surface area contributed by atoms with E-state index in [-0.39, 0.29) is 5.92 Å². The molecular formula is C13H16Br2N2O3. The second kappa shape index (κ2) is 7.64. The van der Waals surface area contributed by atoms with Gasteiger partial charge in [0.15, 0.2) is 0 Å². The number of amides is 2. The van der Waals surface area contributed by atoms with E-state index in [2.05, 4.69) is 42.5 Å². The molecule has 0 spiro atoms. The number of anilines is 1. The molecule has 2 atom stereocenters. The van der Waals surface area contributed by atoms with Crippen molar-refractivity contribution in [3.05, 3.63) is 27.1 Å². The van der Waals surface area contributed by atoms with Crippen molar-refractivity contribution in [2.24, 2.45) is 5.92 Å². The summed E-state index contributed by atoms with van der Waals surface area (Å²) in [5.41, 5.74) is 0.560. The molecule has 2 amide bonds. The van der Waals surface area contributed by atoms with Crippen molar-refractivity contribution < 1.29 is 14.7 Å². The smallest absolute Gasteiger partial charge is 0.326 e. The van der Waals surface area contributed by atoms with Gasteiger partial charge in [-0.1, -0.05) is 36.2 Å². The van der Waals surface area contributed by atoms with Gasteiger partial charge in [-0.25, -0.2) is 9.59 Å². The fourth-order valence-corrected chi connectivity index (χ4v) is 2.28. The molecule has 0 saturated carbocycles. The third-order valence-corrected chi connectivity index (χ3v) is 4.13. The van der Waals surface area contributed by atoms with Gasteiger partial charge in [-0.3, -0.25) is 0 Å². The molecule has 2 unspecified atom stereocenters. The molecule has 0 bridgehead atoms. The Bertz CT molecular complexity index is 508. The standard InChI is InChI=1S/C13H16Br2N2O3/c1-3-7(2)11(12(18)19)17-13(20)16-10-6-8(14)4-5-9(10)15/h4-7,11H,3H2,1-2H3,(H,18,19)(H2,16,17,20). The fraction of sp³-hybridized carbons (Fsp3) is 0.385. The number of urea groups is 1. The maximum Gasteiger partial charge on any atom is 0.326 e. The van der Waals surface area contributed by atoms with E-state index in [0.717, 1.165) is 4.47 Å². The van der Waals surface area contributed by atoms with Gasteiger partial charge in [-0.15, -0.1) is 0 Å². The molecule has 3 N–H and O–H groups in total. The van der Waals surface area contributed by atoms with Gasteiger partial charge >= 0.3 is 12.0 Å². The Balaban J connectivity index is 2.75. The molecule has 0 aliphatic rings. The van der Waals surface area contributed by atoms with Gasteiger partial charge in [0.2, 0.25) is 0 Å². The first-order valence-electron chi connectivity index (χ1n) is 6.10. The summed E-state index contributed by atoms with van der Waals surface area (Å²) in [4.78, 5) is 23.0. The van der Waals surface area contributed by atoms with E-state index in [0.29, 0.717) is 16.6 Å². The largest absolute Gasteiger partial charge is 0.480 e. The summed E-state index contributed by atoms with van der Waals surface area (Å²) in [6, 6.07) is 3.88. The van der Waals surface area contributed by atoms with Crippen LogP contribution in [-0.2, 0) is 4.79 Å². The molecule has 0 aliphatic heterocycles. The summed E-state index contributed by atoms with van der Waals surface area (Å²) in [7, 11) is 0. The molecule has 0 aliphatic carbocycles. The highest BCUT2D eigenvalue weighted by molar-refractivity contribution is 9.11. The van der Waals surface area contributed by atoms with E-state index < -0.39 is 18.0 Å². The van der Waals surface area contributed by atoms with E-state index in [9.17, 15) is 9.59 Å². The Labute approximate surface area is 134 Å². The van der Waals surface area contributed by atoms with Gasteiger partial charge in [-0.2, -0.15) is 0 Å². The lowest BCUT2D eigenvalue weighted by Gasteiger charge is -2.20.